The topological polar surface area (TPSA) is 41.1 Å². The first-order valence-electron chi connectivity index (χ1n) is 6.27. The van der Waals surface area contributed by atoms with Crippen molar-refractivity contribution in [1.82, 2.24) is 10.6 Å². The first-order chi connectivity index (χ1) is 8.22. The number of urea groups is 1. The predicted octanol–water partition coefficient (Wildman–Crippen LogP) is 3.52. The van der Waals surface area contributed by atoms with E-state index in [-0.39, 0.29) is 12.1 Å². The maximum atomic E-state index is 11.6. The molecular weight excluding hydrogens is 232 g/mol. The van der Waals surface area contributed by atoms with Crippen molar-refractivity contribution in [3.05, 3.63) is 22.4 Å². The van der Waals surface area contributed by atoms with Crippen LogP contribution in [0.4, 0.5) is 4.79 Å². The monoisotopic (exact) mass is 254 g/mol. The van der Waals surface area contributed by atoms with Crippen LogP contribution in [0.25, 0.3) is 0 Å². The molecule has 1 unspecified atom stereocenters. The molecule has 0 saturated carbocycles. The summed E-state index contributed by atoms with van der Waals surface area (Å²) in [4.78, 5) is 11.6. The quantitative estimate of drug-likeness (QED) is 0.718. The molecule has 0 radical (unpaired) electrons. The van der Waals surface area contributed by atoms with E-state index in [9.17, 15) is 4.79 Å². The zero-order valence-electron chi connectivity index (χ0n) is 10.7. The average molecular weight is 254 g/mol. The number of thiophene rings is 1. The predicted molar refractivity (Wildman–Crippen MR) is 73.3 cm³/mol. The van der Waals surface area contributed by atoms with Crippen LogP contribution in [-0.2, 0) is 6.54 Å². The van der Waals surface area contributed by atoms with E-state index in [0.717, 1.165) is 12.0 Å². The Morgan fingerprint density at radius 2 is 2.29 bits per heavy atom. The first kappa shape index (κ1) is 14.0. The molecular formula is C13H22N2OS. The summed E-state index contributed by atoms with van der Waals surface area (Å²) in [5.74, 6) is 0. The number of hydrogen-bond acceptors (Lipinski definition) is 2. The molecule has 17 heavy (non-hydrogen) atoms. The molecule has 0 bridgehead atoms. The Morgan fingerprint density at radius 3 is 2.94 bits per heavy atom. The Kier molecular flexibility index (Phi) is 6.70. The molecule has 0 spiro atoms. The molecule has 96 valence electrons. The zero-order valence-corrected chi connectivity index (χ0v) is 11.5. The average Bonchev–Trinajstić information content (AvgIpc) is 2.79. The van der Waals surface area contributed by atoms with E-state index in [4.69, 9.17) is 0 Å². The number of amides is 2. The number of carbonyl (C=O) groups excluding carboxylic acids is 1. The number of carbonyl (C=O) groups is 1. The Morgan fingerprint density at radius 1 is 1.47 bits per heavy atom. The van der Waals surface area contributed by atoms with Crippen LogP contribution >= 0.6 is 11.3 Å². The van der Waals surface area contributed by atoms with Crippen molar-refractivity contribution in [1.29, 1.82) is 0 Å². The molecule has 2 N–H and O–H groups in total. The summed E-state index contributed by atoms with van der Waals surface area (Å²) in [6.45, 7) is 4.85. The second kappa shape index (κ2) is 8.12. The minimum Gasteiger partial charge on any atom is -0.336 e. The van der Waals surface area contributed by atoms with E-state index < -0.39 is 0 Å². The fourth-order valence-corrected chi connectivity index (χ4v) is 2.29. The summed E-state index contributed by atoms with van der Waals surface area (Å²) in [6.07, 6.45) is 4.70. The van der Waals surface area contributed by atoms with Gasteiger partial charge in [-0.05, 0) is 35.7 Å². The SMILES string of the molecule is CCCCCC(C)NC(=O)NCc1ccsc1. The minimum absolute atomic E-state index is 0.0693. The third-order valence-electron chi connectivity index (χ3n) is 2.65. The standard InChI is InChI=1S/C13H22N2OS/c1-3-4-5-6-11(2)15-13(16)14-9-12-7-8-17-10-12/h7-8,10-11H,3-6,9H2,1-2H3,(H2,14,15,16). The van der Waals surface area contributed by atoms with Crippen LogP contribution in [0.2, 0.25) is 0 Å². The highest BCUT2D eigenvalue weighted by Crippen LogP contribution is 2.05. The first-order valence-corrected chi connectivity index (χ1v) is 7.22. The maximum absolute atomic E-state index is 11.6. The lowest BCUT2D eigenvalue weighted by Crippen LogP contribution is -2.40. The Hall–Kier alpha value is -1.03. The molecule has 1 aromatic rings. The highest BCUT2D eigenvalue weighted by atomic mass is 32.1. The Labute approximate surface area is 108 Å². The van der Waals surface area contributed by atoms with Gasteiger partial charge in [-0.3, -0.25) is 0 Å². The van der Waals surface area contributed by atoms with E-state index in [1.54, 1.807) is 11.3 Å². The lowest BCUT2D eigenvalue weighted by Gasteiger charge is -2.14. The number of unbranched alkanes of at least 4 members (excludes halogenated alkanes) is 2. The molecule has 1 heterocycles. The lowest BCUT2D eigenvalue weighted by atomic mass is 10.1. The van der Waals surface area contributed by atoms with Gasteiger partial charge in [-0.25, -0.2) is 4.79 Å². The van der Waals surface area contributed by atoms with Crippen molar-refractivity contribution < 1.29 is 4.79 Å². The summed E-state index contributed by atoms with van der Waals surface area (Å²) in [5.41, 5.74) is 1.16. The fraction of sp³-hybridized carbons (Fsp3) is 0.615. The molecule has 1 aromatic heterocycles. The Bertz CT molecular complexity index is 311. The second-order valence-electron chi connectivity index (χ2n) is 4.36. The third kappa shape index (κ3) is 6.31. The van der Waals surface area contributed by atoms with Crippen molar-refractivity contribution in [3.8, 4) is 0 Å². The van der Waals surface area contributed by atoms with Gasteiger partial charge in [0.2, 0.25) is 0 Å². The van der Waals surface area contributed by atoms with Crippen LogP contribution in [0.15, 0.2) is 16.8 Å². The van der Waals surface area contributed by atoms with Crippen molar-refractivity contribution in [3.63, 3.8) is 0 Å². The highest BCUT2D eigenvalue weighted by molar-refractivity contribution is 7.07. The summed E-state index contributed by atoms with van der Waals surface area (Å²) in [5, 5.41) is 9.88. The van der Waals surface area contributed by atoms with Gasteiger partial charge in [0.25, 0.3) is 0 Å². The van der Waals surface area contributed by atoms with E-state index in [1.807, 2.05) is 16.8 Å². The fourth-order valence-electron chi connectivity index (χ4n) is 1.62. The smallest absolute Gasteiger partial charge is 0.315 e. The zero-order chi connectivity index (χ0) is 12.5. The number of rotatable bonds is 7. The molecule has 0 aliphatic rings. The van der Waals surface area contributed by atoms with Crippen molar-refractivity contribution in [2.24, 2.45) is 0 Å². The van der Waals surface area contributed by atoms with Gasteiger partial charge in [-0.2, -0.15) is 11.3 Å². The molecule has 3 nitrogen and oxygen atoms in total. The van der Waals surface area contributed by atoms with Crippen LogP contribution < -0.4 is 10.6 Å². The summed E-state index contributed by atoms with van der Waals surface area (Å²) in [6, 6.07) is 2.21. The highest BCUT2D eigenvalue weighted by Gasteiger charge is 2.06. The van der Waals surface area contributed by atoms with Crippen molar-refractivity contribution >= 4 is 17.4 Å². The normalized spacial score (nSPS) is 12.1. The number of nitrogens with one attached hydrogen (secondary N) is 2. The maximum Gasteiger partial charge on any atom is 0.315 e. The van der Waals surface area contributed by atoms with E-state index >= 15 is 0 Å². The van der Waals surface area contributed by atoms with Crippen molar-refractivity contribution in [2.75, 3.05) is 0 Å². The summed E-state index contributed by atoms with van der Waals surface area (Å²) >= 11 is 1.65. The van der Waals surface area contributed by atoms with Crippen LogP contribution in [0.5, 0.6) is 0 Å². The van der Waals surface area contributed by atoms with Crippen molar-refractivity contribution in [2.45, 2.75) is 52.1 Å². The lowest BCUT2D eigenvalue weighted by molar-refractivity contribution is 0.236. The number of hydrogen-bond donors (Lipinski definition) is 2. The van der Waals surface area contributed by atoms with E-state index in [0.29, 0.717) is 6.54 Å². The minimum atomic E-state index is -0.0693. The molecule has 2 amide bonds. The molecule has 0 aliphatic carbocycles. The van der Waals surface area contributed by atoms with Gasteiger partial charge in [0.1, 0.15) is 0 Å². The van der Waals surface area contributed by atoms with Gasteiger partial charge in [0, 0.05) is 12.6 Å². The molecule has 0 aromatic carbocycles. The van der Waals surface area contributed by atoms with Crippen LogP contribution in [0.1, 0.15) is 45.1 Å². The molecule has 0 fully saturated rings. The van der Waals surface area contributed by atoms with E-state index in [2.05, 4.69) is 24.5 Å². The molecule has 1 atom stereocenters. The Balaban J connectivity index is 2.11. The van der Waals surface area contributed by atoms with Gasteiger partial charge < -0.3 is 10.6 Å². The molecule has 4 heteroatoms. The van der Waals surface area contributed by atoms with Gasteiger partial charge in [-0.15, -0.1) is 0 Å². The third-order valence-corrected chi connectivity index (χ3v) is 3.38. The van der Waals surface area contributed by atoms with Crippen LogP contribution in [-0.4, -0.2) is 12.1 Å². The van der Waals surface area contributed by atoms with Gasteiger partial charge in [0.05, 0.1) is 0 Å². The largest absolute Gasteiger partial charge is 0.336 e. The van der Waals surface area contributed by atoms with Gasteiger partial charge in [-0.1, -0.05) is 26.2 Å². The van der Waals surface area contributed by atoms with Gasteiger partial charge in [0.15, 0.2) is 0 Å². The second-order valence-corrected chi connectivity index (χ2v) is 5.14. The molecule has 0 aliphatic heterocycles. The summed E-state index contributed by atoms with van der Waals surface area (Å²) in [7, 11) is 0. The van der Waals surface area contributed by atoms with E-state index in [1.165, 1.54) is 19.3 Å². The summed E-state index contributed by atoms with van der Waals surface area (Å²) < 4.78 is 0. The molecule has 1 rings (SSSR count). The van der Waals surface area contributed by atoms with Gasteiger partial charge >= 0.3 is 6.03 Å². The van der Waals surface area contributed by atoms with Crippen LogP contribution in [0, 0.1) is 0 Å². The van der Waals surface area contributed by atoms with Crippen LogP contribution in [0.3, 0.4) is 0 Å². The molecule has 0 saturated heterocycles.